The lowest BCUT2D eigenvalue weighted by Crippen LogP contribution is -2.24. The number of fused-ring (bicyclic) bond motifs is 1. The first-order valence-corrected chi connectivity index (χ1v) is 7.19. The number of hydrogen-bond acceptors (Lipinski definition) is 2. The van der Waals surface area contributed by atoms with Gasteiger partial charge in [0.05, 0.1) is 6.04 Å². The molecule has 1 aliphatic rings. The quantitative estimate of drug-likeness (QED) is 0.908. The summed E-state index contributed by atoms with van der Waals surface area (Å²) in [7, 11) is 0. The molecule has 1 heterocycles. The first-order valence-electron chi connectivity index (χ1n) is 7.19. The minimum atomic E-state index is -0.326. The fraction of sp³-hybridized carbons (Fsp3) is 0.333. The molecule has 0 saturated carbocycles. The van der Waals surface area contributed by atoms with Crippen molar-refractivity contribution >= 4 is 0 Å². The van der Waals surface area contributed by atoms with Crippen molar-refractivity contribution in [3.05, 3.63) is 64.5 Å². The molecule has 2 aromatic rings. The van der Waals surface area contributed by atoms with Crippen LogP contribution in [0, 0.1) is 12.7 Å². The van der Waals surface area contributed by atoms with Gasteiger partial charge in [0, 0.05) is 6.42 Å². The lowest BCUT2D eigenvalue weighted by Gasteiger charge is -2.16. The van der Waals surface area contributed by atoms with E-state index < -0.39 is 0 Å². The molecule has 0 aromatic heterocycles. The largest absolute Gasteiger partial charge is 0.487 e. The minimum absolute atomic E-state index is 0.166. The molecule has 0 aliphatic carbocycles. The smallest absolute Gasteiger partial charge is 0.123 e. The van der Waals surface area contributed by atoms with E-state index in [0.29, 0.717) is 0 Å². The molecule has 3 rings (SSSR count). The second-order valence-corrected chi connectivity index (χ2v) is 6.45. The zero-order chi connectivity index (χ0) is 15.2. The number of hydrogen-bond donors (Lipinski definition) is 1. The molecule has 0 radical (unpaired) electrons. The van der Waals surface area contributed by atoms with Crippen molar-refractivity contribution in [2.75, 3.05) is 0 Å². The Labute approximate surface area is 124 Å². The summed E-state index contributed by atoms with van der Waals surface area (Å²) in [6.07, 6.45) is 0.866. The Morgan fingerprint density at radius 2 is 1.90 bits per heavy atom. The van der Waals surface area contributed by atoms with E-state index in [1.807, 2.05) is 25.1 Å². The number of benzene rings is 2. The molecule has 0 saturated heterocycles. The average molecular weight is 285 g/mol. The van der Waals surface area contributed by atoms with Gasteiger partial charge in [-0.05, 0) is 61.2 Å². The summed E-state index contributed by atoms with van der Waals surface area (Å²) in [5.74, 6) is 0.678. The summed E-state index contributed by atoms with van der Waals surface area (Å²) in [5, 5.41) is 0. The summed E-state index contributed by atoms with van der Waals surface area (Å²) in [4.78, 5) is 0. The van der Waals surface area contributed by atoms with Gasteiger partial charge in [0.2, 0.25) is 0 Å². The van der Waals surface area contributed by atoms with Crippen molar-refractivity contribution in [1.29, 1.82) is 0 Å². The van der Waals surface area contributed by atoms with Crippen LogP contribution in [0.1, 0.15) is 42.1 Å². The van der Waals surface area contributed by atoms with E-state index in [-0.39, 0.29) is 17.5 Å². The third-order valence-electron chi connectivity index (χ3n) is 3.87. The van der Waals surface area contributed by atoms with Crippen LogP contribution in [0.4, 0.5) is 4.39 Å². The van der Waals surface area contributed by atoms with Crippen LogP contribution in [0.25, 0.3) is 0 Å². The van der Waals surface area contributed by atoms with Crippen LogP contribution >= 0.6 is 0 Å². The van der Waals surface area contributed by atoms with E-state index >= 15 is 0 Å². The first kappa shape index (κ1) is 14.1. The van der Waals surface area contributed by atoms with Crippen molar-refractivity contribution in [1.82, 2.24) is 0 Å². The molecule has 2 N–H and O–H groups in total. The maximum atomic E-state index is 13.5. The molecule has 1 unspecified atom stereocenters. The van der Waals surface area contributed by atoms with E-state index in [9.17, 15) is 4.39 Å². The lowest BCUT2D eigenvalue weighted by molar-refractivity contribution is 0.138. The van der Waals surface area contributed by atoms with Gasteiger partial charge in [-0.2, -0.15) is 0 Å². The molecule has 1 aliphatic heterocycles. The van der Waals surface area contributed by atoms with Gasteiger partial charge < -0.3 is 10.5 Å². The maximum Gasteiger partial charge on any atom is 0.123 e. The summed E-state index contributed by atoms with van der Waals surface area (Å²) >= 11 is 0. The van der Waals surface area contributed by atoms with E-state index in [1.165, 1.54) is 17.7 Å². The SMILES string of the molecule is Cc1cc(F)cc(C(N)c2ccc3c(c2)CC(C)(C)O3)c1. The molecule has 0 fully saturated rings. The predicted molar refractivity (Wildman–Crippen MR) is 82.0 cm³/mol. The van der Waals surface area contributed by atoms with E-state index in [2.05, 4.69) is 19.9 Å². The third kappa shape index (κ3) is 2.79. The molecule has 0 bridgehead atoms. The second-order valence-electron chi connectivity index (χ2n) is 6.45. The number of halogens is 1. The van der Waals surface area contributed by atoms with Crippen LogP contribution in [0.2, 0.25) is 0 Å². The summed E-state index contributed by atoms with van der Waals surface area (Å²) in [5.41, 5.74) is 9.97. The second kappa shape index (κ2) is 4.85. The van der Waals surface area contributed by atoms with Gasteiger partial charge in [0.15, 0.2) is 0 Å². The Kier molecular flexibility index (Phi) is 3.25. The topological polar surface area (TPSA) is 35.2 Å². The highest BCUT2D eigenvalue weighted by Gasteiger charge is 2.30. The Balaban J connectivity index is 1.95. The molecular formula is C18H20FNO. The van der Waals surface area contributed by atoms with Gasteiger partial charge in [0.1, 0.15) is 17.2 Å². The molecule has 2 nitrogen and oxygen atoms in total. The summed E-state index contributed by atoms with van der Waals surface area (Å²) in [6, 6.07) is 10.6. The Morgan fingerprint density at radius 1 is 1.14 bits per heavy atom. The van der Waals surface area contributed by atoms with Gasteiger partial charge >= 0.3 is 0 Å². The van der Waals surface area contributed by atoms with Crippen LogP contribution in [0.5, 0.6) is 5.75 Å². The van der Waals surface area contributed by atoms with Crippen LogP contribution in [0.3, 0.4) is 0 Å². The van der Waals surface area contributed by atoms with Gasteiger partial charge in [-0.25, -0.2) is 4.39 Å². The highest BCUT2D eigenvalue weighted by molar-refractivity contribution is 5.45. The van der Waals surface area contributed by atoms with Gasteiger partial charge in [0.25, 0.3) is 0 Å². The Morgan fingerprint density at radius 3 is 2.62 bits per heavy atom. The molecule has 21 heavy (non-hydrogen) atoms. The highest BCUT2D eigenvalue weighted by Crippen LogP contribution is 2.36. The fourth-order valence-corrected chi connectivity index (χ4v) is 2.96. The van der Waals surface area contributed by atoms with Crippen LogP contribution in [-0.4, -0.2) is 5.60 Å². The zero-order valence-corrected chi connectivity index (χ0v) is 12.6. The third-order valence-corrected chi connectivity index (χ3v) is 3.87. The van der Waals surface area contributed by atoms with Crippen molar-refractivity contribution in [2.24, 2.45) is 5.73 Å². The standard InChI is InChI=1S/C18H20FNO/c1-11-6-13(9-15(19)7-11)17(20)12-4-5-16-14(8-12)10-18(2,3)21-16/h4-9,17H,10,20H2,1-3H3. The Hall–Kier alpha value is -1.87. The number of ether oxygens (including phenoxy) is 1. The number of aryl methyl sites for hydroxylation is 1. The monoisotopic (exact) mass is 285 g/mol. The van der Waals surface area contributed by atoms with Gasteiger partial charge in [-0.15, -0.1) is 0 Å². The van der Waals surface area contributed by atoms with Crippen molar-refractivity contribution in [2.45, 2.75) is 38.8 Å². The van der Waals surface area contributed by atoms with Crippen LogP contribution in [0.15, 0.2) is 36.4 Å². The molecule has 110 valence electrons. The maximum absolute atomic E-state index is 13.5. The fourth-order valence-electron chi connectivity index (χ4n) is 2.96. The number of nitrogens with two attached hydrogens (primary N) is 1. The van der Waals surface area contributed by atoms with Gasteiger partial charge in [-0.3, -0.25) is 0 Å². The van der Waals surface area contributed by atoms with E-state index in [0.717, 1.165) is 28.9 Å². The Bertz CT molecular complexity index is 673. The molecule has 0 spiro atoms. The summed E-state index contributed by atoms with van der Waals surface area (Å²) in [6.45, 7) is 6.02. The normalized spacial score (nSPS) is 17.2. The minimum Gasteiger partial charge on any atom is -0.487 e. The van der Waals surface area contributed by atoms with E-state index in [1.54, 1.807) is 0 Å². The average Bonchev–Trinajstić information content (AvgIpc) is 2.69. The van der Waals surface area contributed by atoms with Crippen LogP contribution in [-0.2, 0) is 6.42 Å². The zero-order valence-electron chi connectivity index (χ0n) is 12.6. The van der Waals surface area contributed by atoms with Gasteiger partial charge in [-0.1, -0.05) is 18.2 Å². The van der Waals surface area contributed by atoms with Crippen LogP contribution < -0.4 is 10.5 Å². The van der Waals surface area contributed by atoms with Crippen molar-refractivity contribution in [3.8, 4) is 5.75 Å². The predicted octanol–water partition coefficient (Wildman–Crippen LogP) is 3.90. The van der Waals surface area contributed by atoms with Crippen molar-refractivity contribution < 1.29 is 9.13 Å². The first-order chi connectivity index (χ1) is 9.84. The molecule has 2 aromatic carbocycles. The summed E-state index contributed by atoms with van der Waals surface area (Å²) < 4.78 is 19.4. The molecule has 1 atom stereocenters. The molecule has 0 amide bonds. The number of rotatable bonds is 2. The lowest BCUT2D eigenvalue weighted by atomic mass is 9.94. The molecular weight excluding hydrogens is 265 g/mol. The van der Waals surface area contributed by atoms with E-state index in [4.69, 9.17) is 10.5 Å². The highest BCUT2D eigenvalue weighted by atomic mass is 19.1. The molecule has 3 heteroatoms. The van der Waals surface area contributed by atoms with Crippen molar-refractivity contribution in [3.63, 3.8) is 0 Å².